The minimum absolute atomic E-state index is 0.357. The summed E-state index contributed by atoms with van der Waals surface area (Å²) >= 11 is 3.63. The van der Waals surface area contributed by atoms with Gasteiger partial charge in [-0.15, -0.1) is 11.3 Å². The Bertz CT molecular complexity index is 453. The van der Waals surface area contributed by atoms with Crippen molar-refractivity contribution in [3.8, 4) is 0 Å². The number of rotatable bonds is 2. The fourth-order valence-corrected chi connectivity index (χ4v) is 4.31. The number of hydrogen-bond donors (Lipinski definition) is 0. The van der Waals surface area contributed by atoms with Crippen LogP contribution < -0.4 is 0 Å². The summed E-state index contributed by atoms with van der Waals surface area (Å²) in [6.45, 7) is 0. The van der Waals surface area contributed by atoms with E-state index in [1.54, 1.807) is 0 Å². The highest BCUT2D eigenvalue weighted by Crippen LogP contribution is 2.44. The zero-order chi connectivity index (χ0) is 11.9. The van der Waals surface area contributed by atoms with Gasteiger partial charge in [-0.25, -0.2) is 8.42 Å². The van der Waals surface area contributed by atoms with Crippen molar-refractivity contribution in [2.75, 3.05) is 0 Å². The first kappa shape index (κ1) is 13.3. The highest BCUT2D eigenvalue weighted by molar-refractivity contribution is 9.11. The molecule has 0 saturated carbocycles. The molecular weight excluding hydrogens is 341 g/mol. The van der Waals surface area contributed by atoms with E-state index in [4.69, 9.17) is 10.7 Å². The normalized spacial score (nSPS) is 15.3. The zero-order valence-corrected chi connectivity index (χ0v) is 10.7. The van der Waals surface area contributed by atoms with Gasteiger partial charge in [0.2, 0.25) is 14.3 Å². The van der Waals surface area contributed by atoms with Crippen LogP contribution in [0, 0.1) is 0 Å². The molecule has 0 saturated heterocycles. The quantitative estimate of drug-likeness (QED) is 0.768. The van der Waals surface area contributed by atoms with Crippen LogP contribution in [-0.4, -0.2) is 14.6 Å². The molecule has 1 heterocycles. The second kappa shape index (κ2) is 4.23. The molecule has 0 aliphatic heterocycles. The van der Waals surface area contributed by atoms with Crippen LogP contribution in [0.1, 0.15) is 10.1 Å². The van der Waals surface area contributed by atoms with E-state index in [2.05, 4.69) is 15.9 Å². The van der Waals surface area contributed by atoms with Crippen LogP contribution in [0.4, 0.5) is 13.2 Å². The number of hydrogen-bond acceptors (Lipinski definition) is 3. The molecule has 9 heteroatoms. The number of alkyl halides is 3. The van der Waals surface area contributed by atoms with E-state index < -0.39 is 20.5 Å². The largest absolute Gasteiger partial charge is 0.411 e. The van der Waals surface area contributed by atoms with Gasteiger partial charge in [0.05, 0.1) is 3.79 Å². The summed E-state index contributed by atoms with van der Waals surface area (Å²) < 4.78 is 59.4. The maximum atomic E-state index is 12.4. The predicted molar refractivity (Wildman–Crippen MR) is 55.6 cm³/mol. The second-order valence-corrected chi connectivity index (χ2v) is 7.75. The summed E-state index contributed by atoms with van der Waals surface area (Å²) in [5.74, 6) is 0. The molecule has 0 amide bonds. The Balaban J connectivity index is 3.26. The van der Waals surface area contributed by atoms with Crippen molar-refractivity contribution in [1.82, 2.24) is 0 Å². The first-order valence-electron chi connectivity index (χ1n) is 3.38. The van der Waals surface area contributed by atoms with E-state index in [-0.39, 0.29) is 4.88 Å². The molecule has 0 aromatic carbocycles. The smallest absolute Gasteiger partial charge is 0.211 e. The molecular formula is C6H3BrClF3O2S2. The van der Waals surface area contributed by atoms with Gasteiger partial charge in [-0.1, -0.05) is 0 Å². The van der Waals surface area contributed by atoms with Crippen LogP contribution in [0.15, 0.2) is 15.9 Å². The Morgan fingerprint density at radius 1 is 1.40 bits per heavy atom. The lowest BCUT2D eigenvalue weighted by Crippen LogP contribution is -2.24. The van der Waals surface area contributed by atoms with Crippen molar-refractivity contribution in [1.29, 1.82) is 0 Å². The van der Waals surface area contributed by atoms with Crippen molar-refractivity contribution in [3.05, 3.63) is 20.8 Å². The van der Waals surface area contributed by atoms with Crippen LogP contribution >= 0.6 is 37.9 Å². The van der Waals surface area contributed by atoms with Crippen LogP contribution in [0.25, 0.3) is 0 Å². The maximum absolute atomic E-state index is 12.4. The van der Waals surface area contributed by atoms with E-state index in [9.17, 15) is 21.6 Å². The van der Waals surface area contributed by atoms with Crippen LogP contribution in [-0.2, 0) is 9.05 Å². The molecule has 1 rings (SSSR count). The first-order valence-corrected chi connectivity index (χ1v) is 7.36. The number of halogens is 5. The highest BCUT2D eigenvalue weighted by atomic mass is 79.9. The molecule has 86 valence electrons. The van der Waals surface area contributed by atoms with Gasteiger partial charge in [0.15, 0.2) is 0 Å². The van der Waals surface area contributed by atoms with E-state index in [1.807, 2.05) is 0 Å². The molecule has 0 aliphatic carbocycles. The van der Waals surface area contributed by atoms with Crippen LogP contribution in [0.3, 0.4) is 0 Å². The standard InChI is InChI=1S/C6H3BrClF3O2S2/c7-4-2-1-3(14-4)5(6(9,10)11)15(8,12)13/h1-2,5H. The van der Waals surface area contributed by atoms with Gasteiger partial charge in [-0.2, -0.15) is 13.2 Å². The summed E-state index contributed by atoms with van der Waals surface area (Å²) in [6.07, 6.45) is -4.91. The third-order valence-electron chi connectivity index (χ3n) is 1.43. The maximum Gasteiger partial charge on any atom is 0.411 e. The highest BCUT2D eigenvalue weighted by Gasteiger charge is 2.50. The van der Waals surface area contributed by atoms with Crippen molar-refractivity contribution < 1.29 is 21.6 Å². The molecule has 0 radical (unpaired) electrons. The molecule has 1 aromatic heterocycles. The monoisotopic (exact) mass is 342 g/mol. The van der Waals surface area contributed by atoms with Gasteiger partial charge in [-0.05, 0) is 28.1 Å². The molecule has 0 aliphatic rings. The summed E-state index contributed by atoms with van der Waals surface area (Å²) in [5, 5.41) is -2.66. The summed E-state index contributed by atoms with van der Waals surface area (Å²) in [5.41, 5.74) is 0. The fourth-order valence-electron chi connectivity index (χ4n) is 0.929. The molecule has 2 nitrogen and oxygen atoms in total. The van der Waals surface area contributed by atoms with Gasteiger partial charge >= 0.3 is 6.18 Å². The molecule has 0 N–H and O–H groups in total. The van der Waals surface area contributed by atoms with E-state index >= 15 is 0 Å². The van der Waals surface area contributed by atoms with Crippen molar-refractivity contribution in [2.45, 2.75) is 11.4 Å². The Labute approximate surface area is 101 Å². The Morgan fingerprint density at radius 3 is 2.20 bits per heavy atom. The predicted octanol–water partition coefficient (Wildman–Crippen LogP) is 3.68. The second-order valence-electron chi connectivity index (χ2n) is 2.54. The van der Waals surface area contributed by atoms with Crippen molar-refractivity contribution in [2.24, 2.45) is 0 Å². The Hall–Kier alpha value is 0.210. The zero-order valence-electron chi connectivity index (χ0n) is 6.75. The molecule has 1 unspecified atom stereocenters. The fraction of sp³-hybridized carbons (Fsp3) is 0.333. The minimum Gasteiger partial charge on any atom is -0.211 e. The van der Waals surface area contributed by atoms with Crippen LogP contribution in [0.5, 0.6) is 0 Å². The lowest BCUT2D eigenvalue weighted by Gasteiger charge is -2.15. The molecule has 0 bridgehead atoms. The molecule has 1 aromatic rings. The molecule has 1 atom stereocenters. The van der Waals surface area contributed by atoms with Gasteiger partial charge < -0.3 is 0 Å². The van der Waals surface area contributed by atoms with Gasteiger partial charge in [0.25, 0.3) is 0 Å². The van der Waals surface area contributed by atoms with E-state index in [0.717, 1.165) is 6.07 Å². The average molecular weight is 344 g/mol. The Morgan fingerprint density at radius 2 is 1.93 bits per heavy atom. The molecule has 0 fully saturated rings. The molecule has 0 spiro atoms. The third kappa shape index (κ3) is 3.33. The summed E-state index contributed by atoms with van der Waals surface area (Å²) in [7, 11) is 0.0457. The lowest BCUT2D eigenvalue weighted by molar-refractivity contribution is -0.130. The van der Waals surface area contributed by atoms with Gasteiger partial charge in [0, 0.05) is 15.6 Å². The topological polar surface area (TPSA) is 34.1 Å². The van der Waals surface area contributed by atoms with Crippen molar-refractivity contribution in [3.63, 3.8) is 0 Å². The van der Waals surface area contributed by atoms with Gasteiger partial charge in [-0.3, -0.25) is 0 Å². The third-order valence-corrected chi connectivity index (χ3v) is 4.89. The Kier molecular flexibility index (Phi) is 3.74. The SMILES string of the molecule is O=S(=O)(Cl)C(c1ccc(Br)s1)C(F)(F)F. The van der Waals surface area contributed by atoms with Gasteiger partial charge in [0.1, 0.15) is 0 Å². The first-order chi connectivity index (χ1) is 6.62. The van der Waals surface area contributed by atoms with E-state index in [0.29, 0.717) is 15.1 Å². The van der Waals surface area contributed by atoms with E-state index in [1.165, 1.54) is 6.07 Å². The lowest BCUT2D eigenvalue weighted by atomic mass is 10.3. The summed E-state index contributed by atoms with van der Waals surface area (Å²) in [4.78, 5) is -0.357. The minimum atomic E-state index is -4.91. The number of thiophene rings is 1. The molecule has 15 heavy (non-hydrogen) atoms. The van der Waals surface area contributed by atoms with Crippen LogP contribution in [0.2, 0.25) is 0 Å². The van der Waals surface area contributed by atoms with Crippen molar-refractivity contribution >= 4 is 47.0 Å². The summed E-state index contributed by atoms with van der Waals surface area (Å²) in [6, 6.07) is 2.41. The average Bonchev–Trinajstić information content (AvgIpc) is 2.28.